The summed E-state index contributed by atoms with van der Waals surface area (Å²) in [6, 6.07) is 17.4. The number of nitrogens with one attached hydrogen (secondary N) is 3. The Morgan fingerprint density at radius 1 is 1.10 bits per heavy atom. The van der Waals surface area contributed by atoms with Crippen LogP contribution in [0.15, 0.2) is 59.8 Å². The molecule has 0 fully saturated rings. The van der Waals surface area contributed by atoms with Gasteiger partial charge < -0.3 is 10.1 Å². The number of hydrogen-bond acceptors (Lipinski definition) is 6. The van der Waals surface area contributed by atoms with E-state index < -0.39 is 0 Å². The third-order valence-electron chi connectivity index (χ3n) is 3.98. The molecular weight excluding hydrogens is 420 g/mol. The lowest BCUT2D eigenvalue weighted by Crippen LogP contribution is -2.47. The van der Waals surface area contributed by atoms with Crippen molar-refractivity contribution in [3.05, 3.63) is 54.6 Å². The maximum atomic E-state index is 12.2. The predicted octanol–water partition coefficient (Wildman–Crippen LogP) is 2.55. The summed E-state index contributed by atoms with van der Waals surface area (Å²) in [6.07, 6.45) is 0. The zero-order valence-corrected chi connectivity index (χ0v) is 18.2. The van der Waals surface area contributed by atoms with Gasteiger partial charge in [0.05, 0.1) is 12.9 Å². The molecule has 0 spiro atoms. The first-order valence-electron chi connectivity index (χ1n) is 9.23. The van der Waals surface area contributed by atoms with E-state index in [0.717, 1.165) is 17.0 Å². The molecule has 3 rings (SSSR count). The summed E-state index contributed by atoms with van der Waals surface area (Å²) in [5, 5.41) is 12.5. The number of thiocarbonyl (C=S) groups is 1. The Balaban J connectivity index is 1.81. The molecule has 1 heterocycles. The molecule has 0 unspecified atom stereocenters. The summed E-state index contributed by atoms with van der Waals surface area (Å²) in [6.45, 7) is 2.59. The second kappa shape index (κ2) is 10.6. The fourth-order valence-electron chi connectivity index (χ4n) is 2.60. The van der Waals surface area contributed by atoms with Gasteiger partial charge in [0.2, 0.25) is 5.91 Å². The number of ether oxygens (including phenoxy) is 1. The van der Waals surface area contributed by atoms with E-state index >= 15 is 0 Å². The van der Waals surface area contributed by atoms with Crippen molar-refractivity contribution >= 4 is 35.0 Å². The molecule has 0 atom stereocenters. The molecule has 10 heteroatoms. The summed E-state index contributed by atoms with van der Waals surface area (Å²) in [4.78, 5) is 12.2. The monoisotopic (exact) mass is 442 g/mol. The molecule has 2 aromatic carbocycles. The van der Waals surface area contributed by atoms with E-state index in [2.05, 4.69) is 26.4 Å². The molecule has 1 amide bonds. The molecule has 0 bridgehead atoms. The third kappa shape index (κ3) is 5.49. The normalized spacial score (nSPS) is 10.3. The van der Waals surface area contributed by atoms with Crippen LogP contribution in [-0.2, 0) is 4.79 Å². The summed E-state index contributed by atoms with van der Waals surface area (Å²) < 4.78 is 7.17. The van der Waals surface area contributed by atoms with E-state index in [1.165, 1.54) is 11.8 Å². The number of carbonyl (C=O) groups excluding carboxylic acids is 1. The maximum Gasteiger partial charge on any atom is 0.248 e. The molecule has 30 heavy (non-hydrogen) atoms. The van der Waals surface area contributed by atoms with E-state index in [-0.39, 0.29) is 11.7 Å². The van der Waals surface area contributed by atoms with E-state index in [9.17, 15) is 4.79 Å². The summed E-state index contributed by atoms with van der Waals surface area (Å²) in [7, 11) is 1.62. The fourth-order valence-corrected chi connectivity index (χ4v) is 3.55. The van der Waals surface area contributed by atoms with Gasteiger partial charge >= 0.3 is 0 Å². The number of thioether (sulfide) groups is 1. The first-order valence-corrected chi connectivity index (χ1v) is 10.6. The Morgan fingerprint density at radius 3 is 2.50 bits per heavy atom. The number of methoxy groups -OCH3 is 1. The third-order valence-corrected chi connectivity index (χ3v) is 5.16. The topological polar surface area (TPSA) is 93.1 Å². The predicted molar refractivity (Wildman–Crippen MR) is 122 cm³/mol. The quantitative estimate of drug-likeness (QED) is 0.292. The number of benzene rings is 2. The van der Waals surface area contributed by atoms with Crippen molar-refractivity contribution in [2.45, 2.75) is 12.1 Å². The van der Waals surface area contributed by atoms with E-state index in [4.69, 9.17) is 17.0 Å². The van der Waals surface area contributed by atoms with Crippen molar-refractivity contribution in [2.24, 2.45) is 0 Å². The van der Waals surface area contributed by atoms with Gasteiger partial charge in [-0.1, -0.05) is 42.1 Å². The minimum absolute atomic E-state index is 0.144. The zero-order chi connectivity index (χ0) is 21.3. The Morgan fingerprint density at radius 2 is 1.83 bits per heavy atom. The van der Waals surface area contributed by atoms with Crippen LogP contribution in [0.25, 0.3) is 17.1 Å². The number of hydrazine groups is 1. The van der Waals surface area contributed by atoms with Gasteiger partial charge in [0.1, 0.15) is 5.75 Å². The molecule has 3 aromatic rings. The molecule has 0 aliphatic rings. The lowest BCUT2D eigenvalue weighted by molar-refractivity contribution is -0.119. The minimum atomic E-state index is -0.231. The standard InChI is InChI=1S/C20H22N6O2S2/c1-3-21-19(29)24-22-17(27)13-30-20-25-23-18(14-7-5-4-6-8-14)26(20)15-9-11-16(28-2)12-10-15/h4-12H,3,13H2,1-2H3,(H,22,27)(H2,21,24,29). The highest BCUT2D eigenvalue weighted by Crippen LogP contribution is 2.28. The van der Waals surface area contributed by atoms with Gasteiger partial charge in [-0.2, -0.15) is 0 Å². The molecule has 0 saturated heterocycles. The van der Waals surface area contributed by atoms with E-state index in [1.54, 1.807) is 7.11 Å². The maximum absolute atomic E-state index is 12.2. The van der Waals surface area contributed by atoms with Crippen LogP contribution in [0.5, 0.6) is 5.75 Å². The second-order valence-corrected chi connectivity index (χ2v) is 7.38. The van der Waals surface area contributed by atoms with Crippen LogP contribution in [0.4, 0.5) is 0 Å². The number of rotatable bonds is 7. The van der Waals surface area contributed by atoms with E-state index in [0.29, 0.717) is 22.6 Å². The van der Waals surface area contributed by atoms with Crippen molar-refractivity contribution in [1.82, 2.24) is 30.9 Å². The Hall–Kier alpha value is -3.11. The lowest BCUT2D eigenvalue weighted by Gasteiger charge is -2.12. The van der Waals surface area contributed by atoms with Gasteiger partial charge in [-0.3, -0.25) is 20.2 Å². The smallest absolute Gasteiger partial charge is 0.248 e. The summed E-state index contributed by atoms with van der Waals surface area (Å²) in [5.41, 5.74) is 7.02. The highest BCUT2D eigenvalue weighted by molar-refractivity contribution is 7.99. The van der Waals surface area contributed by atoms with Crippen LogP contribution in [-0.4, -0.2) is 45.2 Å². The molecule has 0 radical (unpaired) electrons. The summed E-state index contributed by atoms with van der Waals surface area (Å²) in [5.74, 6) is 1.36. The summed E-state index contributed by atoms with van der Waals surface area (Å²) >= 11 is 6.31. The molecular formula is C20H22N6O2S2. The Labute approximate surface area is 184 Å². The SMILES string of the molecule is CCNC(=S)NNC(=O)CSc1nnc(-c2ccccc2)n1-c1ccc(OC)cc1. The van der Waals surface area contributed by atoms with E-state index in [1.807, 2.05) is 66.1 Å². The zero-order valence-electron chi connectivity index (χ0n) is 16.6. The van der Waals surface area contributed by atoms with Crippen molar-refractivity contribution in [1.29, 1.82) is 0 Å². The van der Waals surface area contributed by atoms with Gasteiger partial charge in [-0.25, -0.2) is 0 Å². The van der Waals surface area contributed by atoms with Crippen LogP contribution in [0.1, 0.15) is 6.92 Å². The first kappa shape index (κ1) is 21.6. The Bertz CT molecular complexity index is 992. The van der Waals surface area contributed by atoms with Gasteiger partial charge in [0, 0.05) is 17.8 Å². The van der Waals surface area contributed by atoms with Gasteiger partial charge in [0.25, 0.3) is 0 Å². The lowest BCUT2D eigenvalue weighted by atomic mass is 10.2. The Kier molecular flexibility index (Phi) is 7.63. The first-order chi connectivity index (χ1) is 14.6. The number of aromatic nitrogens is 3. The van der Waals surface area contributed by atoms with Gasteiger partial charge in [-0.05, 0) is 43.4 Å². The van der Waals surface area contributed by atoms with Crippen molar-refractivity contribution in [2.75, 3.05) is 19.4 Å². The molecule has 8 nitrogen and oxygen atoms in total. The largest absolute Gasteiger partial charge is 0.497 e. The molecule has 0 saturated carbocycles. The minimum Gasteiger partial charge on any atom is -0.497 e. The van der Waals surface area contributed by atoms with Crippen LogP contribution in [0.2, 0.25) is 0 Å². The fraction of sp³-hybridized carbons (Fsp3) is 0.200. The molecule has 1 aromatic heterocycles. The molecule has 0 aliphatic carbocycles. The number of carbonyl (C=O) groups is 1. The van der Waals surface area contributed by atoms with Crippen LogP contribution in [0.3, 0.4) is 0 Å². The van der Waals surface area contributed by atoms with Gasteiger partial charge in [-0.15, -0.1) is 10.2 Å². The van der Waals surface area contributed by atoms with Crippen molar-refractivity contribution < 1.29 is 9.53 Å². The van der Waals surface area contributed by atoms with Crippen LogP contribution in [0, 0.1) is 0 Å². The highest BCUT2D eigenvalue weighted by Gasteiger charge is 2.17. The van der Waals surface area contributed by atoms with Crippen molar-refractivity contribution in [3.8, 4) is 22.8 Å². The average molecular weight is 443 g/mol. The second-order valence-electron chi connectivity index (χ2n) is 6.03. The number of nitrogens with zero attached hydrogens (tertiary/aromatic N) is 3. The van der Waals surface area contributed by atoms with Crippen LogP contribution < -0.4 is 20.9 Å². The average Bonchev–Trinajstić information content (AvgIpc) is 3.21. The van der Waals surface area contributed by atoms with Gasteiger partial charge in [0.15, 0.2) is 16.1 Å². The number of amides is 1. The van der Waals surface area contributed by atoms with Crippen LogP contribution >= 0.6 is 24.0 Å². The highest BCUT2D eigenvalue weighted by atomic mass is 32.2. The number of hydrogen-bond donors (Lipinski definition) is 3. The van der Waals surface area contributed by atoms with Crippen molar-refractivity contribution in [3.63, 3.8) is 0 Å². The molecule has 3 N–H and O–H groups in total. The molecule has 156 valence electrons. The molecule has 0 aliphatic heterocycles.